The Balaban J connectivity index is 1.52. The molecule has 30 heavy (non-hydrogen) atoms. The lowest BCUT2D eigenvalue weighted by molar-refractivity contribution is -0.387. The third-order valence-corrected chi connectivity index (χ3v) is 5.23. The zero-order chi connectivity index (χ0) is 21.5. The van der Waals surface area contributed by atoms with Gasteiger partial charge in [-0.1, -0.05) is 30.3 Å². The number of thioether (sulfide) groups is 1. The normalized spacial score (nSPS) is 10.5. The molecule has 3 rings (SSSR count). The lowest BCUT2D eigenvalue weighted by Crippen LogP contribution is -2.24. The predicted octanol–water partition coefficient (Wildman–Crippen LogP) is 2.35. The first kappa shape index (κ1) is 21.1. The Morgan fingerprint density at radius 3 is 2.63 bits per heavy atom. The fourth-order valence-corrected chi connectivity index (χ4v) is 3.52. The van der Waals surface area contributed by atoms with E-state index in [-0.39, 0.29) is 27.8 Å². The molecule has 154 valence electrons. The van der Waals surface area contributed by atoms with Crippen molar-refractivity contribution in [2.24, 2.45) is 5.73 Å². The van der Waals surface area contributed by atoms with Crippen molar-refractivity contribution in [3.8, 4) is 0 Å². The van der Waals surface area contributed by atoms with E-state index in [0.717, 1.165) is 29.0 Å². The molecule has 0 aliphatic heterocycles. The van der Waals surface area contributed by atoms with E-state index in [2.05, 4.69) is 10.4 Å². The van der Waals surface area contributed by atoms with Crippen LogP contribution in [0.25, 0.3) is 0 Å². The van der Waals surface area contributed by atoms with Gasteiger partial charge in [0.2, 0.25) is 11.8 Å². The molecule has 3 aromatic rings. The molecule has 0 bridgehead atoms. The van der Waals surface area contributed by atoms with Crippen molar-refractivity contribution in [1.82, 2.24) is 15.1 Å². The van der Waals surface area contributed by atoms with Gasteiger partial charge < -0.3 is 11.1 Å². The number of nitrogens with one attached hydrogen (secondary N) is 1. The summed E-state index contributed by atoms with van der Waals surface area (Å²) in [5, 5.41) is 18.3. The third kappa shape index (κ3) is 5.67. The van der Waals surface area contributed by atoms with Crippen LogP contribution in [0.4, 0.5) is 5.69 Å². The number of hydrogen-bond donors (Lipinski definition) is 2. The van der Waals surface area contributed by atoms with E-state index in [1.807, 2.05) is 36.5 Å². The highest BCUT2D eigenvalue weighted by Gasteiger charge is 2.18. The Hall–Kier alpha value is -3.66. The van der Waals surface area contributed by atoms with Gasteiger partial charge in [-0.25, -0.2) is 0 Å². The van der Waals surface area contributed by atoms with Crippen molar-refractivity contribution in [3.63, 3.8) is 0 Å². The van der Waals surface area contributed by atoms with E-state index in [1.54, 1.807) is 10.9 Å². The Labute approximate surface area is 176 Å². The van der Waals surface area contributed by atoms with Crippen molar-refractivity contribution in [2.75, 3.05) is 5.75 Å². The second-order valence-electron chi connectivity index (χ2n) is 6.40. The Kier molecular flexibility index (Phi) is 6.81. The maximum Gasteiger partial charge on any atom is 0.283 e. The highest BCUT2D eigenvalue weighted by Crippen LogP contribution is 2.29. The molecular weight excluding hydrogens is 406 g/mol. The second kappa shape index (κ2) is 9.70. The molecule has 0 radical (unpaired) electrons. The SMILES string of the molecule is NC(=O)c1ccc(SCC(=O)NCc2cnn(Cc3ccccc3)c2)c([N+](=O)[O-])c1. The van der Waals surface area contributed by atoms with Crippen LogP contribution in [0.15, 0.2) is 65.8 Å². The summed E-state index contributed by atoms with van der Waals surface area (Å²) in [6, 6.07) is 13.8. The molecule has 1 aromatic heterocycles. The maximum atomic E-state index is 12.1. The summed E-state index contributed by atoms with van der Waals surface area (Å²) in [7, 11) is 0. The number of nitrogens with zero attached hydrogens (tertiary/aromatic N) is 3. The average molecular weight is 425 g/mol. The van der Waals surface area contributed by atoms with Crippen LogP contribution < -0.4 is 11.1 Å². The van der Waals surface area contributed by atoms with Gasteiger partial charge in [-0.05, 0) is 17.7 Å². The van der Waals surface area contributed by atoms with E-state index < -0.39 is 10.8 Å². The number of hydrogen-bond acceptors (Lipinski definition) is 6. The van der Waals surface area contributed by atoms with Crippen LogP contribution in [0.3, 0.4) is 0 Å². The molecule has 0 saturated heterocycles. The summed E-state index contributed by atoms with van der Waals surface area (Å²) in [6.45, 7) is 0.937. The smallest absolute Gasteiger partial charge is 0.283 e. The number of aromatic nitrogens is 2. The van der Waals surface area contributed by atoms with Crippen molar-refractivity contribution >= 4 is 29.3 Å². The van der Waals surface area contributed by atoms with Gasteiger partial charge in [-0.15, -0.1) is 11.8 Å². The second-order valence-corrected chi connectivity index (χ2v) is 7.42. The zero-order valence-corrected chi connectivity index (χ0v) is 16.7. The maximum absolute atomic E-state index is 12.1. The van der Waals surface area contributed by atoms with Gasteiger partial charge in [-0.2, -0.15) is 5.10 Å². The van der Waals surface area contributed by atoms with Gasteiger partial charge in [0.05, 0.1) is 28.3 Å². The topological polar surface area (TPSA) is 133 Å². The molecule has 0 atom stereocenters. The fourth-order valence-electron chi connectivity index (χ4n) is 2.68. The minimum absolute atomic E-state index is 0.00505. The molecule has 1 heterocycles. The highest BCUT2D eigenvalue weighted by molar-refractivity contribution is 8.00. The number of rotatable bonds is 9. The number of carbonyl (C=O) groups is 2. The zero-order valence-electron chi connectivity index (χ0n) is 15.9. The molecular formula is C20H19N5O4S. The van der Waals surface area contributed by atoms with Gasteiger partial charge >= 0.3 is 0 Å². The molecule has 0 unspecified atom stereocenters. The van der Waals surface area contributed by atoms with Gasteiger partial charge in [0.25, 0.3) is 5.69 Å². The standard InChI is InChI=1S/C20H19N5O4S/c21-20(27)16-6-7-18(17(8-16)25(28)29)30-13-19(26)22-9-15-10-23-24(12-15)11-14-4-2-1-3-5-14/h1-8,10,12H,9,11,13H2,(H2,21,27)(H,22,26). The van der Waals surface area contributed by atoms with Crippen molar-refractivity contribution in [2.45, 2.75) is 18.0 Å². The molecule has 9 nitrogen and oxygen atoms in total. The summed E-state index contributed by atoms with van der Waals surface area (Å²) in [4.78, 5) is 34.2. The summed E-state index contributed by atoms with van der Waals surface area (Å²) in [5.74, 6) is -1.03. The molecule has 10 heteroatoms. The van der Waals surface area contributed by atoms with E-state index in [1.165, 1.54) is 12.1 Å². The van der Waals surface area contributed by atoms with E-state index >= 15 is 0 Å². The summed E-state index contributed by atoms with van der Waals surface area (Å²) in [5.41, 5.74) is 6.91. The Morgan fingerprint density at radius 2 is 1.93 bits per heavy atom. The predicted molar refractivity (Wildman–Crippen MR) is 112 cm³/mol. The number of amides is 2. The van der Waals surface area contributed by atoms with Crippen LogP contribution in [0.2, 0.25) is 0 Å². The molecule has 3 N–H and O–H groups in total. The van der Waals surface area contributed by atoms with Gasteiger partial charge in [0, 0.05) is 29.9 Å². The largest absolute Gasteiger partial charge is 0.366 e. The molecule has 2 amide bonds. The van der Waals surface area contributed by atoms with E-state index in [0.29, 0.717) is 13.1 Å². The number of benzene rings is 2. The average Bonchev–Trinajstić information content (AvgIpc) is 3.18. The van der Waals surface area contributed by atoms with Gasteiger partial charge in [0.1, 0.15) is 0 Å². The lowest BCUT2D eigenvalue weighted by atomic mass is 10.2. The first-order chi connectivity index (χ1) is 14.4. The molecule has 0 saturated carbocycles. The monoisotopic (exact) mass is 425 g/mol. The van der Waals surface area contributed by atoms with E-state index in [4.69, 9.17) is 5.73 Å². The highest BCUT2D eigenvalue weighted by atomic mass is 32.2. The molecule has 0 spiro atoms. The van der Waals surface area contributed by atoms with E-state index in [9.17, 15) is 19.7 Å². The van der Waals surface area contributed by atoms with Crippen LogP contribution in [0.5, 0.6) is 0 Å². The number of carbonyl (C=O) groups excluding carboxylic acids is 2. The van der Waals surface area contributed by atoms with Crippen molar-refractivity contribution in [3.05, 3.63) is 87.7 Å². The van der Waals surface area contributed by atoms with Gasteiger partial charge in [0.15, 0.2) is 0 Å². The molecule has 0 aliphatic rings. The minimum atomic E-state index is -0.750. The van der Waals surface area contributed by atoms with Crippen molar-refractivity contribution < 1.29 is 14.5 Å². The third-order valence-electron chi connectivity index (χ3n) is 4.16. The first-order valence-electron chi connectivity index (χ1n) is 8.95. The number of nitro groups is 1. The molecule has 0 fully saturated rings. The Bertz CT molecular complexity index is 1070. The summed E-state index contributed by atoms with van der Waals surface area (Å²) >= 11 is 1.02. The van der Waals surface area contributed by atoms with Gasteiger partial charge in [-0.3, -0.25) is 24.4 Å². The number of nitrogens with two attached hydrogens (primary N) is 1. The molecule has 2 aromatic carbocycles. The van der Waals surface area contributed by atoms with Crippen LogP contribution in [-0.2, 0) is 17.9 Å². The Morgan fingerprint density at radius 1 is 1.17 bits per heavy atom. The molecule has 0 aliphatic carbocycles. The summed E-state index contributed by atoms with van der Waals surface area (Å²) < 4.78 is 1.79. The van der Waals surface area contributed by atoms with Crippen LogP contribution >= 0.6 is 11.8 Å². The number of primary amides is 1. The lowest BCUT2D eigenvalue weighted by Gasteiger charge is -2.06. The summed E-state index contributed by atoms with van der Waals surface area (Å²) in [6.07, 6.45) is 3.54. The fraction of sp³-hybridized carbons (Fsp3) is 0.150. The van der Waals surface area contributed by atoms with Crippen LogP contribution in [0, 0.1) is 10.1 Å². The van der Waals surface area contributed by atoms with Crippen LogP contribution in [-0.4, -0.2) is 32.3 Å². The minimum Gasteiger partial charge on any atom is -0.366 e. The first-order valence-corrected chi connectivity index (χ1v) is 9.94. The van der Waals surface area contributed by atoms with Crippen LogP contribution in [0.1, 0.15) is 21.5 Å². The van der Waals surface area contributed by atoms with Crippen molar-refractivity contribution in [1.29, 1.82) is 0 Å². The quantitative estimate of drug-likeness (QED) is 0.307. The number of nitro benzene ring substituents is 1.